The van der Waals surface area contributed by atoms with Gasteiger partial charge in [-0.05, 0) is 135 Å². The van der Waals surface area contributed by atoms with Gasteiger partial charge in [-0.3, -0.25) is 0 Å². The van der Waals surface area contributed by atoms with Gasteiger partial charge >= 0.3 is 0 Å². The molecule has 5 heterocycles. The van der Waals surface area contributed by atoms with Gasteiger partial charge in [0.05, 0.1) is 29.6 Å². The van der Waals surface area contributed by atoms with Gasteiger partial charge in [-0.1, -0.05) is 134 Å². The zero-order valence-electron chi connectivity index (χ0n) is 40.1. The molecule has 6 heteroatoms. The molecular formula is C61H55BN2O3. The summed E-state index contributed by atoms with van der Waals surface area (Å²) in [6.07, 6.45) is 3.81. The summed E-state index contributed by atoms with van der Waals surface area (Å²) in [6.45, 7) is 22.8. The highest BCUT2D eigenvalue weighted by molar-refractivity contribution is 7.00. The number of hydrogen-bond donors (Lipinski definition) is 0. The molecule has 0 N–H and O–H groups in total. The summed E-state index contributed by atoms with van der Waals surface area (Å²) >= 11 is 0. The second-order valence-electron chi connectivity index (χ2n) is 21.3. The molecular weight excluding hydrogens is 819 g/mol. The summed E-state index contributed by atoms with van der Waals surface area (Å²) in [6, 6.07) is 49.2. The first-order valence-corrected chi connectivity index (χ1v) is 23.8. The Labute approximate surface area is 393 Å². The third-order valence-corrected chi connectivity index (χ3v) is 14.5. The number of aryl methyl sites for hydroxylation is 2. The fourth-order valence-corrected chi connectivity index (χ4v) is 10.9. The number of fused-ring (bicyclic) bond motifs is 8. The summed E-state index contributed by atoms with van der Waals surface area (Å²) in [4.78, 5) is 5.09. The SMILES string of the molecule is Cc1cc(C(C)(C)C)cc(C)c1N1c2cc(C(C)C)cc3c2B(c2ccc(-c4coc5ccccc45)cc2N3c2cccc(-c3coc4ccccc34)c2)c2oc3ccc(C(C)(C)C)cc3c21. The average molecular weight is 875 g/mol. The Morgan fingerprint density at radius 1 is 0.507 bits per heavy atom. The van der Waals surface area contributed by atoms with Crippen molar-refractivity contribution >= 4 is 90.3 Å². The summed E-state index contributed by atoms with van der Waals surface area (Å²) in [5.74, 6) is 0.248. The predicted octanol–water partition coefficient (Wildman–Crippen LogP) is 15.7. The molecule has 0 fully saturated rings. The van der Waals surface area contributed by atoms with Gasteiger partial charge in [0.25, 0.3) is 6.71 Å². The number of hydrogen-bond acceptors (Lipinski definition) is 5. The van der Waals surface area contributed by atoms with Crippen molar-refractivity contribution in [3.8, 4) is 22.3 Å². The summed E-state index contributed by atoms with van der Waals surface area (Å²) in [7, 11) is 0. The van der Waals surface area contributed by atoms with E-state index in [1.165, 1.54) is 50.1 Å². The van der Waals surface area contributed by atoms with Gasteiger partial charge in [-0.2, -0.15) is 0 Å². The number of furan rings is 3. The van der Waals surface area contributed by atoms with E-state index in [1.54, 1.807) is 0 Å². The molecule has 0 radical (unpaired) electrons. The molecule has 2 aliphatic rings. The standard InChI is InChI=1S/C61H55BN2O3/c1-35(2)40-30-51-56-52(31-40)64(57-36(3)26-42(27-37(57)4)61(8,9)10)58-46-32-41(60(5,6)7)23-25-55(46)67-59(58)62(56)49-24-22-39(48-34-66-54-21-14-12-19-45(48)54)29-50(49)63(51)43-17-15-16-38(28-43)47-33-65-53-20-13-11-18-44(47)53/h11-35H,1-10H3. The molecule has 0 aliphatic carbocycles. The molecule has 12 rings (SSSR count). The second kappa shape index (κ2) is 14.7. The minimum absolute atomic E-state index is 0.00400. The van der Waals surface area contributed by atoms with Gasteiger partial charge in [0.1, 0.15) is 16.7 Å². The molecule has 0 spiro atoms. The number of benzene rings is 7. The third kappa shape index (κ3) is 6.36. The Bertz CT molecular complexity index is 3620. The number of nitrogens with zero attached hydrogens (tertiary/aromatic N) is 2. The lowest BCUT2D eigenvalue weighted by Gasteiger charge is -2.44. The molecule has 3 aromatic heterocycles. The lowest BCUT2D eigenvalue weighted by atomic mass is 9.35. The number of anilines is 6. The van der Waals surface area contributed by atoms with Crippen molar-refractivity contribution in [3.63, 3.8) is 0 Å². The highest BCUT2D eigenvalue weighted by atomic mass is 16.3. The molecule has 2 aliphatic heterocycles. The molecule has 7 aromatic carbocycles. The fraction of sp³-hybridized carbons (Fsp3) is 0.213. The molecule has 0 bridgehead atoms. The molecule has 0 saturated carbocycles. The van der Waals surface area contributed by atoms with Crippen LogP contribution in [0.3, 0.4) is 0 Å². The first-order chi connectivity index (χ1) is 32.1. The minimum Gasteiger partial charge on any atom is -0.468 e. The molecule has 10 aromatic rings. The molecule has 67 heavy (non-hydrogen) atoms. The first kappa shape index (κ1) is 41.3. The monoisotopic (exact) mass is 874 g/mol. The van der Waals surface area contributed by atoms with E-state index in [0.29, 0.717) is 0 Å². The second-order valence-corrected chi connectivity index (χ2v) is 21.3. The van der Waals surface area contributed by atoms with Crippen LogP contribution in [0.25, 0.3) is 55.2 Å². The van der Waals surface area contributed by atoms with Gasteiger partial charge < -0.3 is 23.1 Å². The lowest BCUT2D eigenvalue weighted by molar-refractivity contribution is 0.589. The maximum absolute atomic E-state index is 7.38. The van der Waals surface area contributed by atoms with E-state index < -0.39 is 0 Å². The van der Waals surface area contributed by atoms with Crippen LogP contribution in [0.4, 0.5) is 34.1 Å². The molecule has 0 saturated heterocycles. The molecule has 5 nitrogen and oxygen atoms in total. The van der Waals surface area contributed by atoms with Crippen molar-refractivity contribution in [2.24, 2.45) is 0 Å². The van der Waals surface area contributed by atoms with Gasteiger partial charge in [-0.25, -0.2) is 0 Å². The molecule has 330 valence electrons. The summed E-state index contributed by atoms with van der Waals surface area (Å²) in [5.41, 5.74) is 23.5. The Hall–Kier alpha value is -7.18. The lowest BCUT2D eigenvalue weighted by Crippen LogP contribution is -2.61. The van der Waals surface area contributed by atoms with Crippen LogP contribution in [0, 0.1) is 13.8 Å². The Morgan fingerprint density at radius 3 is 1.75 bits per heavy atom. The highest BCUT2D eigenvalue weighted by Crippen LogP contribution is 2.51. The van der Waals surface area contributed by atoms with E-state index in [9.17, 15) is 0 Å². The van der Waals surface area contributed by atoms with Gasteiger partial charge in [0, 0.05) is 50.0 Å². The zero-order chi connectivity index (χ0) is 46.3. The largest absolute Gasteiger partial charge is 0.468 e. The number of rotatable bonds is 5. The van der Waals surface area contributed by atoms with Gasteiger partial charge in [0.15, 0.2) is 0 Å². The van der Waals surface area contributed by atoms with Gasteiger partial charge in [0.2, 0.25) is 0 Å². The van der Waals surface area contributed by atoms with Crippen LogP contribution in [-0.2, 0) is 10.8 Å². The van der Waals surface area contributed by atoms with Crippen LogP contribution < -0.4 is 26.4 Å². The maximum atomic E-state index is 7.38. The Morgan fingerprint density at radius 2 is 1.12 bits per heavy atom. The van der Waals surface area contributed by atoms with Crippen LogP contribution in [0.15, 0.2) is 159 Å². The molecule has 0 amide bonds. The van der Waals surface area contributed by atoms with E-state index in [1.807, 2.05) is 36.8 Å². The molecule has 0 unspecified atom stereocenters. The normalized spacial score (nSPS) is 13.6. The van der Waals surface area contributed by atoms with Gasteiger partial charge in [-0.15, -0.1) is 0 Å². The van der Waals surface area contributed by atoms with E-state index in [2.05, 4.69) is 188 Å². The third-order valence-electron chi connectivity index (χ3n) is 14.5. The molecule has 0 atom stereocenters. The fourth-order valence-electron chi connectivity index (χ4n) is 10.9. The first-order valence-electron chi connectivity index (χ1n) is 23.8. The van der Waals surface area contributed by atoms with Crippen molar-refractivity contribution in [2.45, 2.75) is 86.0 Å². The van der Waals surface area contributed by atoms with Crippen molar-refractivity contribution < 1.29 is 13.3 Å². The van der Waals surface area contributed by atoms with E-state index in [0.717, 1.165) is 83.6 Å². The van der Waals surface area contributed by atoms with E-state index in [4.69, 9.17) is 13.3 Å². The van der Waals surface area contributed by atoms with Crippen LogP contribution in [0.2, 0.25) is 0 Å². The smallest absolute Gasteiger partial charge is 0.297 e. The zero-order valence-corrected chi connectivity index (χ0v) is 40.1. The predicted molar refractivity (Wildman–Crippen MR) is 282 cm³/mol. The Balaban J connectivity index is 1.19. The Kier molecular flexibility index (Phi) is 9.03. The van der Waals surface area contributed by atoms with E-state index >= 15 is 0 Å². The van der Waals surface area contributed by atoms with Crippen LogP contribution >= 0.6 is 0 Å². The van der Waals surface area contributed by atoms with Crippen LogP contribution in [-0.4, -0.2) is 6.71 Å². The van der Waals surface area contributed by atoms with E-state index in [-0.39, 0.29) is 23.5 Å². The van der Waals surface area contributed by atoms with Crippen molar-refractivity contribution in [1.82, 2.24) is 0 Å². The highest BCUT2D eigenvalue weighted by Gasteiger charge is 2.48. The number of para-hydroxylation sites is 2. The minimum atomic E-state index is -0.195. The maximum Gasteiger partial charge on any atom is 0.297 e. The quantitative estimate of drug-likeness (QED) is 0.161. The van der Waals surface area contributed by atoms with Crippen molar-refractivity contribution in [3.05, 3.63) is 174 Å². The topological polar surface area (TPSA) is 45.9 Å². The summed E-state index contributed by atoms with van der Waals surface area (Å²) in [5, 5.41) is 3.32. The van der Waals surface area contributed by atoms with Crippen molar-refractivity contribution in [1.29, 1.82) is 0 Å². The van der Waals surface area contributed by atoms with Crippen LogP contribution in [0.1, 0.15) is 89.1 Å². The van der Waals surface area contributed by atoms with Crippen LogP contribution in [0.5, 0.6) is 0 Å². The van der Waals surface area contributed by atoms with Crippen molar-refractivity contribution in [2.75, 3.05) is 9.80 Å². The summed E-state index contributed by atoms with van der Waals surface area (Å²) < 4.78 is 19.7. The average Bonchev–Trinajstić information content (AvgIpc) is 4.04.